The topological polar surface area (TPSA) is 34.1 Å². The quantitative estimate of drug-likeness (QED) is 0.803. The van der Waals surface area contributed by atoms with E-state index in [1.165, 1.54) is 0 Å². The Bertz CT molecular complexity index is 410. The number of halogens is 1. The zero-order valence-corrected chi connectivity index (χ0v) is 9.77. The molecule has 0 N–H and O–H groups in total. The summed E-state index contributed by atoms with van der Waals surface area (Å²) < 4.78 is 23.6. The van der Waals surface area contributed by atoms with Gasteiger partial charge in [-0.1, -0.05) is 37.6 Å². The molecule has 0 spiro atoms. The van der Waals surface area contributed by atoms with Crippen molar-refractivity contribution in [1.82, 2.24) is 0 Å². The van der Waals surface area contributed by atoms with Crippen LogP contribution in [0.4, 0.5) is 0 Å². The minimum Gasteiger partial charge on any atom is -0.224 e. The SMILES string of the molecule is CC(C)CS(=O)(=O)c1ccccc1Cl. The molecule has 0 aliphatic rings. The van der Waals surface area contributed by atoms with Crippen LogP contribution in [-0.4, -0.2) is 14.2 Å². The summed E-state index contributed by atoms with van der Waals surface area (Å²) >= 11 is 5.81. The van der Waals surface area contributed by atoms with E-state index in [1.54, 1.807) is 24.3 Å². The Hall–Kier alpha value is -0.540. The third-order valence-corrected chi connectivity index (χ3v) is 4.30. The predicted molar refractivity (Wildman–Crippen MR) is 58.3 cm³/mol. The van der Waals surface area contributed by atoms with Gasteiger partial charge in [-0.2, -0.15) is 0 Å². The lowest BCUT2D eigenvalue weighted by atomic mass is 10.3. The van der Waals surface area contributed by atoms with Gasteiger partial charge < -0.3 is 0 Å². The van der Waals surface area contributed by atoms with Gasteiger partial charge in [-0.05, 0) is 18.1 Å². The van der Waals surface area contributed by atoms with Crippen molar-refractivity contribution < 1.29 is 8.42 Å². The van der Waals surface area contributed by atoms with Crippen LogP contribution >= 0.6 is 11.6 Å². The Morgan fingerprint density at radius 3 is 2.36 bits per heavy atom. The minimum atomic E-state index is -3.22. The van der Waals surface area contributed by atoms with Crippen molar-refractivity contribution in [1.29, 1.82) is 0 Å². The van der Waals surface area contributed by atoms with Crippen molar-refractivity contribution >= 4 is 21.4 Å². The zero-order chi connectivity index (χ0) is 10.8. The van der Waals surface area contributed by atoms with Gasteiger partial charge in [0.1, 0.15) is 0 Å². The number of hydrogen-bond acceptors (Lipinski definition) is 2. The molecule has 0 aliphatic heterocycles. The molecule has 0 aromatic heterocycles. The molecule has 1 aromatic carbocycles. The van der Waals surface area contributed by atoms with Crippen molar-refractivity contribution in [3.63, 3.8) is 0 Å². The van der Waals surface area contributed by atoms with Gasteiger partial charge in [0.15, 0.2) is 9.84 Å². The number of rotatable bonds is 3. The van der Waals surface area contributed by atoms with E-state index in [0.717, 1.165) is 0 Å². The molecule has 4 heteroatoms. The monoisotopic (exact) mass is 232 g/mol. The van der Waals surface area contributed by atoms with Crippen LogP contribution in [0.5, 0.6) is 0 Å². The van der Waals surface area contributed by atoms with Crippen LogP contribution in [0.25, 0.3) is 0 Å². The van der Waals surface area contributed by atoms with Gasteiger partial charge >= 0.3 is 0 Å². The van der Waals surface area contributed by atoms with Crippen LogP contribution in [-0.2, 0) is 9.84 Å². The molecular weight excluding hydrogens is 220 g/mol. The van der Waals surface area contributed by atoms with E-state index >= 15 is 0 Å². The van der Waals surface area contributed by atoms with Crippen molar-refractivity contribution in [3.05, 3.63) is 29.3 Å². The van der Waals surface area contributed by atoms with Gasteiger partial charge in [-0.25, -0.2) is 8.42 Å². The number of benzene rings is 1. The highest BCUT2D eigenvalue weighted by atomic mass is 35.5. The summed E-state index contributed by atoms with van der Waals surface area (Å²) in [6.45, 7) is 3.74. The number of sulfone groups is 1. The summed E-state index contributed by atoms with van der Waals surface area (Å²) in [4.78, 5) is 0.232. The van der Waals surface area contributed by atoms with Gasteiger partial charge in [0.05, 0.1) is 15.7 Å². The highest BCUT2D eigenvalue weighted by Gasteiger charge is 2.18. The molecule has 0 amide bonds. The van der Waals surface area contributed by atoms with Crippen LogP contribution in [0.1, 0.15) is 13.8 Å². The second-order valence-corrected chi connectivity index (χ2v) is 6.02. The smallest absolute Gasteiger partial charge is 0.180 e. The van der Waals surface area contributed by atoms with Gasteiger partial charge in [-0.15, -0.1) is 0 Å². The summed E-state index contributed by atoms with van der Waals surface area (Å²) in [6.07, 6.45) is 0. The van der Waals surface area contributed by atoms with E-state index in [2.05, 4.69) is 0 Å². The second-order valence-electron chi connectivity index (χ2n) is 3.61. The summed E-state index contributed by atoms with van der Waals surface area (Å²) in [5, 5.41) is 0.299. The van der Waals surface area contributed by atoms with Crippen molar-refractivity contribution in [2.45, 2.75) is 18.7 Å². The molecule has 1 rings (SSSR count). The fraction of sp³-hybridized carbons (Fsp3) is 0.400. The average Bonchev–Trinajstić information content (AvgIpc) is 2.02. The fourth-order valence-corrected chi connectivity index (χ4v) is 3.42. The summed E-state index contributed by atoms with van der Waals surface area (Å²) in [6, 6.07) is 6.53. The lowest BCUT2D eigenvalue weighted by Gasteiger charge is -2.07. The van der Waals surface area contributed by atoms with E-state index in [-0.39, 0.29) is 16.6 Å². The highest BCUT2D eigenvalue weighted by Crippen LogP contribution is 2.22. The third-order valence-electron chi connectivity index (χ3n) is 1.72. The molecule has 0 bridgehead atoms. The Labute approximate surface area is 89.8 Å². The van der Waals surface area contributed by atoms with Crippen LogP contribution in [0.2, 0.25) is 5.02 Å². The molecule has 0 atom stereocenters. The van der Waals surface area contributed by atoms with Crippen molar-refractivity contribution in [2.24, 2.45) is 5.92 Å². The molecule has 1 aromatic rings. The van der Waals surface area contributed by atoms with Crippen LogP contribution in [0.15, 0.2) is 29.2 Å². The normalized spacial score (nSPS) is 12.0. The Morgan fingerprint density at radius 2 is 1.86 bits per heavy atom. The van der Waals surface area contributed by atoms with E-state index in [9.17, 15) is 8.42 Å². The average molecular weight is 233 g/mol. The van der Waals surface area contributed by atoms with Gasteiger partial charge in [0.2, 0.25) is 0 Å². The van der Waals surface area contributed by atoms with Crippen LogP contribution in [0, 0.1) is 5.92 Å². The van der Waals surface area contributed by atoms with Gasteiger partial charge in [-0.3, -0.25) is 0 Å². The van der Waals surface area contributed by atoms with E-state index < -0.39 is 9.84 Å². The summed E-state index contributed by atoms with van der Waals surface area (Å²) in [7, 11) is -3.22. The first-order chi connectivity index (χ1) is 6.43. The van der Waals surface area contributed by atoms with Gasteiger partial charge in [0, 0.05) is 0 Å². The standard InChI is InChI=1S/C10H13ClO2S/c1-8(2)7-14(12,13)10-6-4-3-5-9(10)11/h3-6,8H,7H2,1-2H3. The van der Waals surface area contributed by atoms with E-state index in [0.29, 0.717) is 5.02 Å². The first kappa shape index (κ1) is 11.5. The van der Waals surface area contributed by atoms with Crippen molar-refractivity contribution in [2.75, 3.05) is 5.75 Å². The maximum absolute atomic E-state index is 11.8. The molecule has 78 valence electrons. The Balaban J connectivity index is 3.11. The van der Waals surface area contributed by atoms with Crippen molar-refractivity contribution in [3.8, 4) is 0 Å². The predicted octanol–water partition coefficient (Wildman–Crippen LogP) is 2.77. The van der Waals surface area contributed by atoms with Gasteiger partial charge in [0.25, 0.3) is 0 Å². The first-order valence-electron chi connectivity index (χ1n) is 4.41. The maximum atomic E-state index is 11.8. The number of hydrogen-bond donors (Lipinski definition) is 0. The maximum Gasteiger partial charge on any atom is 0.180 e. The lowest BCUT2D eigenvalue weighted by molar-refractivity contribution is 0.582. The summed E-state index contributed by atoms with van der Waals surface area (Å²) in [5.41, 5.74) is 0. The largest absolute Gasteiger partial charge is 0.224 e. The van der Waals surface area contributed by atoms with Crippen LogP contribution in [0.3, 0.4) is 0 Å². The Morgan fingerprint density at radius 1 is 1.29 bits per heavy atom. The molecule has 0 fully saturated rings. The molecular formula is C10H13ClO2S. The first-order valence-corrected chi connectivity index (χ1v) is 6.44. The highest BCUT2D eigenvalue weighted by molar-refractivity contribution is 7.91. The van der Waals surface area contributed by atoms with E-state index in [4.69, 9.17) is 11.6 Å². The minimum absolute atomic E-state index is 0.108. The molecule has 0 heterocycles. The Kier molecular flexibility index (Phi) is 3.56. The molecule has 0 saturated carbocycles. The molecule has 0 aliphatic carbocycles. The molecule has 0 radical (unpaired) electrons. The zero-order valence-electron chi connectivity index (χ0n) is 8.20. The molecule has 2 nitrogen and oxygen atoms in total. The third kappa shape index (κ3) is 2.72. The summed E-state index contributed by atoms with van der Waals surface area (Å²) in [5.74, 6) is 0.243. The fourth-order valence-electron chi connectivity index (χ4n) is 1.23. The lowest BCUT2D eigenvalue weighted by Crippen LogP contribution is -2.12. The van der Waals surface area contributed by atoms with Crippen LogP contribution < -0.4 is 0 Å². The molecule has 0 saturated heterocycles. The molecule has 14 heavy (non-hydrogen) atoms. The second kappa shape index (κ2) is 4.32. The molecule has 0 unspecified atom stereocenters. The van der Waals surface area contributed by atoms with E-state index in [1.807, 2.05) is 13.8 Å².